The van der Waals surface area contributed by atoms with E-state index in [1.807, 2.05) is 0 Å². The van der Waals surface area contributed by atoms with Gasteiger partial charge in [0.2, 0.25) is 5.60 Å². The highest BCUT2D eigenvalue weighted by Gasteiger charge is 2.56. The number of nitrogen functional groups attached to an aromatic ring is 1. The largest absolute Gasteiger partial charge is 0.478 e. The van der Waals surface area contributed by atoms with Crippen LogP contribution in [-0.2, 0) is 47.4 Å². The van der Waals surface area contributed by atoms with E-state index in [1.165, 1.54) is 11.6 Å². The zero-order valence-corrected chi connectivity index (χ0v) is 22.5. The number of carbonyl (C=O) groups is 4. The lowest BCUT2D eigenvalue weighted by Gasteiger charge is -2.43. The number of β-lactam (4-membered cyclic amide) rings is 1. The Morgan fingerprint density at radius 2 is 2.05 bits per heavy atom. The summed E-state index contributed by atoms with van der Waals surface area (Å²) in [5, 5.41) is 27.1. The second kappa shape index (κ2) is 11.6. The van der Waals surface area contributed by atoms with Gasteiger partial charge in [0.05, 0.1) is 19.3 Å². The number of hydrogen-bond donors (Lipinski definition) is 6. The van der Waals surface area contributed by atoms with Crippen LogP contribution in [0.2, 0.25) is 0 Å². The van der Waals surface area contributed by atoms with E-state index in [0.717, 1.165) is 16.1 Å². The minimum Gasteiger partial charge on any atom is -0.478 e. The number of nitrogens with one attached hydrogen (secondary N) is 2. The van der Waals surface area contributed by atoms with Crippen molar-refractivity contribution in [3.8, 4) is 0 Å². The van der Waals surface area contributed by atoms with Crippen LogP contribution in [0.15, 0.2) is 16.7 Å². The number of nitrogens with zero attached hydrogens (tertiary/aromatic N) is 6. The first-order valence-corrected chi connectivity index (χ1v) is 13.9. The van der Waals surface area contributed by atoms with Crippen molar-refractivity contribution in [2.24, 2.45) is 10.9 Å². The Balaban J connectivity index is 1.50. The smallest absolute Gasteiger partial charge is 0.407 e. The van der Waals surface area contributed by atoms with Gasteiger partial charge in [0.15, 0.2) is 10.8 Å². The van der Waals surface area contributed by atoms with Crippen LogP contribution in [0.3, 0.4) is 0 Å². The number of hydrogen-bond acceptors (Lipinski definition) is 15. The van der Waals surface area contributed by atoms with Crippen molar-refractivity contribution in [2.75, 3.05) is 18.9 Å². The normalized spacial score (nSPS) is 19.7. The lowest BCUT2D eigenvalue weighted by molar-refractivity contribution is -0.153. The third-order valence-corrected chi connectivity index (χ3v) is 7.41. The summed E-state index contributed by atoms with van der Waals surface area (Å²) in [6.45, 7) is -0.388. The van der Waals surface area contributed by atoms with E-state index >= 15 is 0 Å². The maximum Gasteiger partial charge on any atom is 0.407 e. The zero-order valence-electron chi connectivity index (χ0n) is 20.9. The molecule has 8 N–H and O–H groups in total. The highest BCUT2D eigenvalue weighted by Crippen LogP contribution is 2.40. The number of ether oxygens (including phenoxy) is 1. The number of oxime groups is 1. The fraction of sp³-hybridized carbons (Fsp3) is 0.474. The summed E-state index contributed by atoms with van der Waals surface area (Å²) in [5.41, 5.74) is 8.91. The molecule has 1 aliphatic carbocycles. The van der Waals surface area contributed by atoms with Gasteiger partial charge in [-0.3, -0.25) is 14.1 Å². The molecule has 3 heterocycles. The van der Waals surface area contributed by atoms with Crippen molar-refractivity contribution in [3.63, 3.8) is 0 Å². The second-order valence-corrected chi connectivity index (χ2v) is 10.9. The Morgan fingerprint density at radius 3 is 2.63 bits per heavy atom. The number of aliphatic carboxylic acids is 1. The monoisotopic (exact) mass is 616 g/mol. The van der Waals surface area contributed by atoms with Gasteiger partial charge in [-0.05, 0) is 0 Å². The van der Waals surface area contributed by atoms with Crippen LogP contribution in [0.25, 0.3) is 0 Å². The van der Waals surface area contributed by atoms with Crippen LogP contribution in [0.1, 0.15) is 24.2 Å². The van der Waals surface area contributed by atoms with E-state index in [0.29, 0.717) is 0 Å². The molecular formula is C19H24N10O10S2. The minimum absolute atomic E-state index is 0.00163. The maximum absolute atomic E-state index is 13.2. The van der Waals surface area contributed by atoms with Crippen molar-refractivity contribution in [1.82, 2.24) is 34.9 Å². The molecule has 4 rings (SSSR count). The summed E-state index contributed by atoms with van der Waals surface area (Å²) in [6.07, 6.45) is 0.792. The molecule has 3 amide bonds. The maximum atomic E-state index is 13.2. The summed E-state index contributed by atoms with van der Waals surface area (Å²) in [6, 6.07) is -2.90. The number of carbonyl (C=O) groups excluding carboxylic acids is 3. The molecular weight excluding hydrogens is 592 g/mol. The number of nitrogens with two attached hydrogens (primary N) is 2. The van der Waals surface area contributed by atoms with E-state index in [4.69, 9.17) is 21.0 Å². The summed E-state index contributed by atoms with van der Waals surface area (Å²) in [5.74, 6) is -3.53. The molecule has 20 nitrogen and oxygen atoms in total. The van der Waals surface area contributed by atoms with Gasteiger partial charge in [0.1, 0.15) is 30.1 Å². The average Bonchev–Trinajstić information content (AvgIpc) is 3.37. The molecule has 2 aromatic heterocycles. The Morgan fingerprint density at radius 1 is 1.32 bits per heavy atom. The average molecular weight is 617 g/mol. The lowest BCUT2D eigenvalue weighted by Crippen LogP contribution is -2.73. The number of aromatic nitrogens is 4. The number of anilines is 1. The topological polar surface area (TPSA) is 297 Å². The molecule has 0 aromatic carbocycles. The van der Waals surface area contributed by atoms with Crippen molar-refractivity contribution in [2.45, 2.75) is 43.6 Å². The third-order valence-electron chi connectivity index (χ3n) is 5.79. The van der Waals surface area contributed by atoms with Gasteiger partial charge in [-0.2, -0.15) is 23.4 Å². The molecule has 2 fully saturated rings. The molecule has 0 bridgehead atoms. The number of carboxylic acid groups (broad SMARTS) is 1. The molecule has 1 aliphatic heterocycles. The van der Waals surface area contributed by atoms with E-state index in [1.54, 1.807) is 0 Å². The Hall–Kier alpha value is -4.41. The van der Waals surface area contributed by atoms with Gasteiger partial charge in [-0.25, -0.2) is 18.9 Å². The summed E-state index contributed by atoms with van der Waals surface area (Å²) >= 11 is 0.949. The van der Waals surface area contributed by atoms with Crippen molar-refractivity contribution >= 4 is 56.4 Å². The second-order valence-electron chi connectivity index (χ2n) is 8.70. The van der Waals surface area contributed by atoms with Crippen LogP contribution >= 0.6 is 11.3 Å². The zero-order chi connectivity index (χ0) is 29.9. The van der Waals surface area contributed by atoms with Gasteiger partial charge in [-0.1, -0.05) is 5.16 Å². The van der Waals surface area contributed by atoms with Gasteiger partial charge < -0.3 is 36.8 Å². The predicted molar refractivity (Wildman–Crippen MR) is 135 cm³/mol. The molecule has 22 heteroatoms. The fourth-order valence-corrected chi connectivity index (χ4v) is 5.00. The Bertz CT molecular complexity index is 1480. The number of rotatable bonds is 13. The summed E-state index contributed by atoms with van der Waals surface area (Å²) in [4.78, 5) is 58.9. The van der Waals surface area contributed by atoms with Crippen LogP contribution in [0.4, 0.5) is 9.93 Å². The highest BCUT2D eigenvalue weighted by atomic mass is 32.2. The van der Waals surface area contributed by atoms with E-state index in [9.17, 15) is 37.3 Å². The number of carboxylic acids is 1. The summed E-state index contributed by atoms with van der Waals surface area (Å²) < 4.78 is 38.2. The van der Waals surface area contributed by atoms with Crippen molar-refractivity contribution < 1.29 is 46.8 Å². The SMILES string of the molecule is NCCOC(=O)NCc1cnn(C[C@H]2C(NC(=O)/C(=N\OC3(C(=O)O)CC3)c3csc(N)n3)C(=O)N2S(=O)(=O)O)n1. The van der Waals surface area contributed by atoms with Gasteiger partial charge >= 0.3 is 22.4 Å². The van der Waals surface area contributed by atoms with Gasteiger partial charge in [0, 0.05) is 24.8 Å². The molecule has 2 aromatic rings. The van der Waals surface area contributed by atoms with Gasteiger partial charge in [0.25, 0.3) is 11.8 Å². The van der Waals surface area contributed by atoms with Gasteiger partial charge in [-0.15, -0.1) is 11.3 Å². The standard InChI is InChI=1S/C19H24N10O10S2/c20-3-4-38-18(34)22-5-9-6-23-28(26-9)7-11-13(15(31)29(11)41(35,36)37)25-14(30)12(10-8-40-17(21)24-10)27-39-19(1-2-19)16(32)33/h6,8,11,13H,1-5,7,20H2,(H2,21,24)(H,22,34)(H,25,30)(H,32,33)(H,35,36,37)/b27-12-/t11-,13?/m0/s1. The highest BCUT2D eigenvalue weighted by molar-refractivity contribution is 7.84. The molecule has 0 spiro atoms. The van der Waals surface area contributed by atoms with E-state index in [2.05, 4.69) is 31.0 Å². The first kappa shape index (κ1) is 29.6. The number of amides is 3. The Kier molecular flexibility index (Phi) is 8.37. The Labute approximate surface area is 234 Å². The van der Waals surface area contributed by atoms with Crippen LogP contribution in [-0.4, -0.2) is 103 Å². The van der Waals surface area contributed by atoms with E-state index in [-0.39, 0.29) is 53.4 Å². The first-order chi connectivity index (χ1) is 19.3. The van der Waals surface area contributed by atoms with Crippen LogP contribution < -0.4 is 22.1 Å². The van der Waals surface area contributed by atoms with E-state index < -0.39 is 64.1 Å². The first-order valence-electron chi connectivity index (χ1n) is 11.7. The molecule has 41 heavy (non-hydrogen) atoms. The van der Waals surface area contributed by atoms with Crippen LogP contribution in [0.5, 0.6) is 0 Å². The fourth-order valence-electron chi connectivity index (χ4n) is 3.58. The third kappa shape index (κ3) is 6.67. The minimum atomic E-state index is -5.04. The van der Waals surface area contributed by atoms with Crippen LogP contribution in [0, 0.1) is 0 Å². The number of thiazole rings is 1. The molecule has 2 atom stereocenters. The lowest BCUT2D eigenvalue weighted by atomic mass is 9.98. The van der Waals surface area contributed by atoms with Crippen molar-refractivity contribution in [1.29, 1.82) is 0 Å². The molecule has 1 saturated heterocycles. The molecule has 1 saturated carbocycles. The summed E-state index contributed by atoms with van der Waals surface area (Å²) in [7, 11) is -5.04. The molecule has 0 radical (unpaired) electrons. The predicted octanol–water partition coefficient (Wildman–Crippen LogP) is -2.96. The molecule has 2 aliphatic rings. The molecule has 222 valence electrons. The molecule has 1 unspecified atom stereocenters. The van der Waals surface area contributed by atoms with Crippen molar-refractivity contribution in [3.05, 3.63) is 23.0 Å². The number of alkyl carbamates (subject to hydrolysis) is 1. The quantitative estimate of drug-likeness (QED) is 0.0567.